The Bertz CT molecular complexity index is 1230. The van der Waals surface area contributed by atoms with Crippen LogP contribution in [0.2, 0.25) is 0 Å². The number of benzene rings is 2. The molecule has 0 spiro atoms. The number of aryl methyl sites for hydroxylation is 1. The largest absolute Gasteiger partial charge is 0.384 e. The Labute approximate surface area is 180 Å². The smallest absolute Gasteiger partial charge is 0.255 e. The first-order valence-electron chi connectivity index (χ1n) is 9.66. The summed E-state index contributed by atoms with van der Waals surface area (Å²) in [5.41, 5.74) is 1.93. The van der Waals surface area contributed by atoms with Crippen molar-refractivity contribution in [2.75, 3.05) is 24.8 Å². The normalized spacial score (nSPS) is 11.3. The van der Waals surface area contributed by atoms with Gasteiger partial charge in [0.1, 0.15) is 5.82 Å². The summed E-state index contributed by atoms with van der Waals surface area (Å²) in [6.07, 6.45) is 0.629. The molecule has 3 rings (SSSR count). The fourth-order valence-electron chi connectivity index (χ4n) is 2.90. The van der Waals surface area contributed by atoms with Gasteiger partial charge in [-0.3, -0.25) is 9.59 Å². The van der Waals surface area contributed by atoms with Gasteiger partial charge in [-0.25, -0.2) is 13.4 Å². The lowest BCUT2D eigenvalue weighted by molar-refractivity contribution is 0.102. The molecule has 2 N–H and O–H groups in total. The average molecular weight is 442 g/mol. The van der Waals surface area contributed by atoms with Crippen molar-refractivity contribution in [3.63, 3.8) is 0 Å². The zero-order valence-electron chi connectivity index (χ0n) is 17.2. The maximum Gasteiger partial charge on any atom is 0.255 e. The van der Waals surface area contributed by atoms with Crippen LogP contribution in [-0.4, -0.2) is 43.8 Å². The second-order valence-corrected chi connectivity index (χ2v) is 8.92. The zero-order chi connectivity index (χ0) is 22.4. The summed E-state index contributed by atoms with van der Waals surface area (Å²) < 4.78 is 29.2. The van der Waals surface area contributed by atoms with Gasteiger partial charge >= 0.3 is 0 Å². The number of methoxy groups -OCH3 is 1. The monoisotopic (exact) mass is 441 g/mol. The molecule has 0 saturated carbocycles. The number of carbonyl (C=O) groups excluding carboxylic acids is 1. The standard InChI is InChI=1S/C22H23N3O5S/c1-3-17-14-20(26)25-21(23-17)16-5-4-6-18(13-16)24-22(27)15-7-9-19(10-8-15)31(28,29)12-11-30-2/h4-10,13-14H,3,11-12H2,1-2H3,(H,24,27)(H,23,25,26). The maximum atomic E-state index is 12.6. The molecular weight excluding hydrogens is 418 g/mol. The SMILES string of the molecule is CCc1cc(=O)[nH]c(-c2cccc(NC(=O)c3ccc(S(=O)(=O)CCOC)cc3)c2)n1. The number of amides is 1. The van der Waals surface area contributed by atoms with Gasteiger partial charge in [-0.05, 0) is 42.8 Å². The molecule has 1 amide bonds. The number of H-pyrrole nitrogens is 1. The highest BCUT2D eigenvalue weighted by Crippen LogP contribution is 2.20. The van der Waals surface area contributed by atoms with E-state index >= 15 is 0 Å². The highest BCUT2D eigenvalue weighted by Gasteiger charge is 2.15. The predicted molar refractivity (Wildman–Crippen MR) is 118 cm³/mol. The number of ether oxygens (including phenoxy) is 1. The van der Waals surface area contributed by atoms with Gasteiger partial charge < -0.3 is 15.0 Å². The summed E-state index contributed by atoms with van der Waals surface area (Å²) in [5, 5.41) is 2.78. The van der Waals surface area contributed by atoms with Crippen molar-refractivity contribution in [2.24, 2.45) is 0 Å². The Hall–Kier alpha value is -3.30. The van der Waals surface area contributed by atoms with Crippen LogP contribution >= 0.6 is 0 Å². The van der Waals surface area contributed by atoms with Crippen LogP contribution in [0.1, 0.15) is 23.0 Å². The molecule has 0 bridgehead atoms. The number of nitrogens with zero attached hydrogens (tertiary/aromatic N) is 1. The van der Waals surface area contributed by atoms with Crippen LogP contribution in [0, 0.1) is 0 Å². The van der Waals surface area contributed by atoms with Crippen molar-refractivity contribution < 1.29 is 17.9 Å². The van der Waals surface area contributed by atoms with Gasteiger partial charge in [-0.2, -0.15) is 0 Å². The number of aromatic nitrogens is 2. The molecule has 0 aliphatic carbocycles. The van der Waals surface area contributed by atoms with Gasteiger partial charge in [-0.1, -0.05) is 19.1 Å². The third kappa shape index (κ3) is 5.65. The Morgan fingerprint density at radius 1 is 1.13 bits per heavy atom. The number of rotatable bonds is 8. The van der Waals surface area contributed by atoms with Crippen LogP contribution in [0.5, 0.6) is 0 Å². The lowest BCUT2D eigenvalue weighted by atomic mass is 10.1. The number of aromatic amines is 1. The van der Waals surface area contributed by atoms with Crippen molar-refractivity contribution in [2.45, 2.75) is 18.2 Å². The van der Waals surface area contributed by atoms with Gasteiger partial charge in [0.25, 0.3) is 11.5 Å². The van der Waals surface area contributed by atoms with Gasteiger partial charge in [0.2, 0.25) is 0 Å². The molecule has 1 heterocycles. The van der Waals surface area contributed by atoms with E-state index in [9.17, 15) is 18.0 Å². The predicted octanol–water partition coefficient (Wildman–Crippen LogP) is 2.67. The third-order valence-corrected chi connectivity index (χ3v) is 6.28. The van der Waals surface area contributed by atoms with E-state index in [0.29, 0.717) is 34.8 Å². The van der Waals surface area contributed by atoms with Crippen LogP contribution in [0.3, 0.4) is 0 Å². The average Bonchev–Trinajstić information content (AvgIpc) is 2.77. The molecule has 0 radical (unpaired) electrons. The van der Waals surface area contributed by atoms with E-state index in [-0.39, 0.29) is 28.7 Å². The van der Waals surface area contributed by atoms with Crippen molar-refractivity contribution in [1.82, 2.24) is 9.97 Å². The molecule has 0 unspecified atom stereocenters. The molecule has 1 aromatic heterocycles. The van der Waals surface area contributed by atoms with E-state index in [1.54, 1.807) is 24.3 Å². The molecule has 0 atom stereocenters. The van der Waals surface area contributed by atoms with E-state index in [4.69, 9.17) is 4.74 Å². The summed E-state index contributed by atoms with van der Waals surface area (Å²) in [6, 6.07) is 14.1. The topological polar surface area (TPSA) is 118 Å². The molecule has 9 heteroatoms. The number of anilines is 1. The maximum absolute atomic E-state index is 12.6. The minimum Gasteiger partial charge on any atom is -0.384 e. The van der Waals surface area contributed by atoms with Gasteiger partial charge in [0.05, 0.1) is 17.3 Å². The van der Waals surface area contributed by atoms with E-state index in [1.807, 2.05) is 6.92 Å². The summed E-state index contributed by atoms with van der Waals surface area (Å²) in [7, 11) is -2.03. The minimum absolute atomic E-state index is 0.0994. The molecule has 31 heavy (non-hydrogen) atoms. The quantitative estimate of drug-likeness (QED) is 0.555. The minimum atomic E-state index is -3.46. The number of hydrogen-bond donors (Lipinski definition) is 2. The Kier molecular flexibility index (Phi) is 6.98. The molecule has 8 nitrogen and oxygen atoms in total. The van der Waals surface area contributed by atoms with Crippen LogP contribution < -0.4 is 10.9 Å². The number of sulfone groups is 1. The number of carbonyl (C=O) groups is 1. The van der Waals surface area contributed by atoms with E-state index in [1.165, 1.54) is 37.4 Å². The van der Waals surface area contributed by atoms with Crippen molar-refractivity contribution in [3.05, 3.63) is 76.2 Å². The summed E-state index contributed by atoms with van der Waals surface area (Å²) in [6.45, 7) is 2.01. The fraction of sp³-hybridized carbons (Fsp3) is 0.227. The summed E-state index contributed by atoms with van der Waals surface area (Å²) >= 11 is 0. The fourth-order valence-corrected chi connectivity index (χ4v) is 4.07. The zero-order valence-corrected chi connectivity index (χ0v) is 18.0. The molecule has 0 aliphatic rings. The molecule has 162 valence electrons. The molecule has 3 aromatic rings. The van der Waals surface area contributed by atoms with Crippen LogP contribution in [0.25, 0.3) is 11.4 Å². The van der Waals surface area contributed by atoms with Gasteiger partial charge in [0.15, 0.2) is 9.84 Å². The van der Waals surface area contributed by atoms with E-state index < -0.39 is 9.84 Å². The first-order chi connectivity index (χ1) is 14.8. The van der Waals surface area contributed by atoms with Gasteiger partial charge in [0, 0.05) is 35.7 Å². The lowest BCUT2D eigenvalue weighted by Crippen LogP contribution is -2.14. The molecular formula is C22H23N3O5S. The summed E-state index contributed by atoms with van der Waals surface area (Å²) in [4.78, 5) is 31.7. The van der Waals surface area contributed by atoms with Crippen molar-refractivity contribution in [1.29, 1.82) is 0 Å². The number of nitrogens with one attached hydrogen (secondary N) is 2. The highest BCUT2D eigenvalue weighted by atomic mass is 32.2. The highest BCUT2D eigenvalue weighted by molar-refractivity contribution is 7.91. The van der Waals surface area contributed by atoms with E-state index in [0.717, 1.165) is 0 Å². The Morgan fingerprint density at radius 2 is 1.87 bits per heavy atom. The first kappa shape index (κ1) is 22.4. The van der Waals surface area contributed by atoms with Crippen molar-refractivity contribution in [3.8, 4) is 11.4 Å². The number of hydrogen-bond acceptors (Lipinski definition) is 6. The third-order valence-electron chi connectivity index (χ3n) is 4.58. The molecule has 0 saturated heterocycles. The Morgan fingerprint density at radius 3 is 2.55 bits per heavy atom. The van der Waals surface area contributed by atoms with Crippen LogP contribution in [-0.2, 0) is 21.0 Å². The van der Waals surface area contributed by atoms with E-state index in [2.05, 4.69) is 15.3 Å². The van der Waals surface area contributed by atoms with Crippen molar-refractivity contribution >= 4 is 21.4 Å². The lowest BCUT2D eigenvalue weighted by Gasteiger charge is -2.09. The molecule has 0 fully saturated rings. The van der Waals surface area contributed by atoms with Crippen LogP contribution in [0.15, 0.2) is 64.3 Å². The molecule has 2 aromatic carbocycles. The van der Waals surface area contributed by atoms with Gasteiger partial charge in [-0.15, -0.1) is 0 Å². The second-order valence-electron chi connectivity index (χ2n) is 6.81. The summed E-state index contributed by atoms with van der Waals surface area (Å²) in [5.74, 6) is -0.0928. The Balaban J connectivity index is 1.78. The van der Waals surface area contributed by atoms with Crippen LogP contribution in [0.4, 0.5) is 5.69 Å². The first-order valence-corrected chi connectivity index (χ1v) is 11.3. The second kappa shape index (κ2) is 9.67. The molecule has 0 aliphatic heterocycles.